The highest BCUT2D eigenvalue weighted by atomic mass is 35.5. The molecule has 2 aromatic carbocycles. The Morgan fingerprint density at radius 1 is 1.13 bits per heavy atom. The number of benzene rings is 2. The second-order valence-corrected chi connectivity index (χ2v) is 10.3. The van der Waals surface area contributed by atoms with Gasteiger partial charge in [-0.15, -0.1) is 11.8 Å². The molecule has 2 aliphatic heterocycles. The molecule has 1 amide bonds. The van der Waals surface area contributed by atoms with Crippen LogP contribution in [0.4, 0.5) is 13.2 Å². The van der Waals surface area contributed by atoms with E-state index in [1.54, 1.807) is 28.9 Å². The average molecular weight is 564 g/mol. The summed E-state index contributed by atoms with van der Waals surface area (Å²) < 4.78 is 48.3. The van der Waals surface area contributed by atoms with E-state index < -0.39 is 53.7 Å². The van der Waals surface area contributed by atoms with Crippen molar-refractivity contribution in [3.05, 3.63) is 92.4 Å². The molecule has 7 nitrogen and oxygen atoms in total. The molecule has 0 fully saturated rings. The molecule has 0 bridgehead atoms. The summed E-state index contributed by atoms with van der Waals surface area (Å²) in [5, 5.41) is 1.95. The molecule has 1 aromatic heterocycles. The van der Waals surface area contributed by atoms with E-state index in [1.165, 1.54) is 10.9 Å². The van der Waals surface area contributed by atoms with E-state index in [1.807, 2.05) is 30.3 Å². The molecule has 38 heavy (non-hydrogen) atoms. The van der Waals surface area contributed by atoms with Crippen molar-refractivity contribution in [3.63, 3.8) is 0 Å². The van der Waals surface area contributed by atoms with Gasteiger partial charge in [0.05, 0.1) is 0 Å². The van der Waals surface area contributed by atoms with Crippen LogP contribution in [0.3, 0.4) is 0 Å². The molecule has 5 rings (SSSR count). The number of esters is 1. The Kier molecular flexibility index (Phi) is 6.68. The quantitative estimate of drug-likeness (QED) is 0.412. The number of fused-ring (bicyclic) bond motifs is 3. The Morgan fingerprint density at radius 3 is 2.58 bits per heavy atom. The highest BCUT2D eigenvalue weighted by molar-refractivity contribution is 7.98. The predicted molar refractivity (Wildman–Crippen MR) is 136 cm³/mol. The van der Waals surface area contributed by atoms with E-state index in [0.717, 1.165) is 35.9 Å². The number of hydrogen-bond donors (Lipinski definition) is 0. The number of hydrogen-bond acceptors (Lipinski definition) is 6. The molecule has 2 aliphatic rings. The third kappa shape index (κ3) is 4.43. The van der Waals surface area contributed by atoms with Crippen LogP contribution in [0.5, 0.6) is 5.75 Å². The summed E-state index contributed by atoms with van der Waals surface area (Å²) in [6, 6.07) is 11.0. The van der Waals surface area contributed by atoms with Gasteiger partial charge >= 0.3 is 12.1 Å². The molecule has 198 valence electrons. The fraction of sp³-hybridized carbons (Fsp3) is 0.269. The molecule has 3 heterocycles. The van der Waals surface area contributed by atoms with Crippen LogP contribution in [0.2, 0.25) is 5.02 Å². The number of amides is 1. The van der Waals surface area contributed by atoms with Crippen molar-refractivity contribution in [2.75, 3.05) is 11.7 Å². The van der Waals surface area contributed by atoms with Gasteiger partial charge in [0.25, 0.3) is 5.91 Å². The fourth-order valence-corrected chi connectivity index (χ4v) is 6.12. The number of thioether (sulfide) groups is 1. The molecular formula is C26H21ClF3N3O4S. The third-order valence-corrected chi connectivity index (χ3v) is 8.04. The van der Waals surface area contributed by atoms with Crippen LogP contribution in [0.1, 0.15) is 47.1 Å². The summed E-state index contributed by atoms with van der Waals surface area (Å²) >= 11 is 8.28. The lowest BCUT2D eigenvalue weighted by atomic mass is 9.94. The van der Waals surface area contributed by atoms with Gasteiger partial charge in [-0.2, -0.15) is 13.2 Å². The largest absolute Gasteiger partial charge is 0.420 e. The Labute approximate surface area is 224 Å². The summed E-state index contributed by atoms with van der Waals surface area (Å²) in [6.07, 6.45) is -3.46. The normalized spacial score (nSPS) is 17.7. The fourth-order valence-electron chi connectivity index (χ4n) is 4.74. The van der Waals surface area contributed by atoms with Crippen molar-refractivity contribution in [1.29, 1.82) is 0 Å². The smallest absolute Gasteiger partial charge is 0.408 e. The zero-order valence-corrected chi connectivity index (χ0v) is 21.7. The Bertz CT molecular complexity index is 1510. The van der Waals surface area contributed by atoms with Gasteiger partial charge in [0.2, 0.25) is 11.2 Å². The zero-order chi connectivity index (χ0) is 27.4. The number of alkyl halides is 3. The van der Waals surface area contributed by atoms with E-state index >= 15 is 0 Å². The maximum atomic E-state index is 14.0. The first-order valence-corrected chi connectivity index (χ1v) is 12.9. The third-order valence-electron chi connectivity index (χ3n) is 6.57. The molecule has 0 radical (unpaired) electrons. The predicted octanol–water partition coefficient (Wildman–Crippen LogP) is 5.12. The number of pyridine rings is 1. The van der Waals surface area contributed by atoms with Gasteiger partial charge in [0, 0.05) is 40.4 Å². The molecule has 0 saturated carbocycles. The number of ether oxygens (including phenoxy) is 1. The van der Waals surface area contributed by atoms with Crippen molar-refractivity contribution >= 4 is 35.2 Å². The van der Waals surface area contributed by atoms with Crippen LogP contribution in [-0.2, 0) is 10.5 Å². The minimum Gasteiger partial charge on any atom is -0.420 e. The van der Waals surface area contributed by atoms with Gasteiger partial charge in [-0.1, -0.05) is 41.9 Å². The number of rotatable bonds is 3. The van der Waals surface area contributed by atoms with Crippen LogP contribution in [0, 0.1) is 0 Å². The number of halogens is 4. The number of carbonyl (C=O) groups is 2. The second-order valence-electron chi connectivity index (χ2n) is 8.91. The first-order chi connectivity index (χ1) is 18.0. The molecule has 1 unspecified atom stereocenters. The van der Waals surface area contributed by atoms with Gasteiger partial charge in [0.15, 0.2) is 5.69 Å². The molecule has 0 N–H and O–H groups in total. The first-order valence-electron chi connectivity index (χ1n) is 11.6. The molecule has 2 atom stereocenters. The lowest BCUT2D eigenvalue weighted by Crippen LogP contribution is -2.60. The standard InChI is InChI=1S/C26H21ClF3N3O4S/c1-14(26(28,29)30)31-13-33(32-11-10-19(35)24(37-15(2)34)23(32)25(31)36)22-17-7-3-4-9-20(17)38-12-16-6-5-8-18(27)21(16)22/h3-11,14,22H,12-13H2,1-2H3/t14-,22?/m1/s1. The van der Waals surface area contributed by atoms with Crippen molar-refractivity contribution < 1.29 is 27.5 Å². The minimum absolute atomic E-state index is 0.403. The summed E-state index contributed by atoms with van der Waals surface area (Å²) in [5.41, 5.74) is 1.02. The van der Waals surface area contributed by atoms with Crippen LogP contribution < -0.4 is 15.2 Å². The van der Waals surface area contributed by atoms with Crippen molar-refractivity contribution in [2.45, 2.75) is 42.8 Å². The van der Waals surface area contributed by atoms with Gasteiger partial charge in [-0.25, -0.2) is 0 Å². The van der Waals surface area contributed by atoms with E-state index in [-0.39, 0.29) is 0 Å². The maximum Gasteiger partial charge on any atom is 0.408 e. The second kappa shape index (κ2) is 9.70. The molecular weight excluding hydrogens is 543 g/mol. The number of carbonyl (C=O) groups excluding carboxylic acids is 2. The minimum atomic E-state index is -4.76. The van der Waals surface area contributed by atoms with Crippen LogP contribution in [0.15, 0.2) is 64.4 Å². The van der Waals surface area contributed by atoms with Gasteiger partial charge in [-0.05, 0) is 30.2 Å². The van der Waals surface area contributed by atoms with Crippen molar-refractivity contribution in [1.82, 2.24) is 9.58 Å². The summed E-state index contributed by atoms with van der Waals surface area (Å²) in [5.74, 6) is -2.05. The Morgan fingerprint density at radius 2 is 1.87 bits per heavy atom. The van der Waals surface area contributed by atoms with Gasteiger partial charge in [0.1, 0.15) is 18.8 Å². The van der Waals surface area contributed by atoms with E-state index in [4.69, 9.17) is 16.3 Å². The van der Waals surface area contributed by atoms with Crippen LogP contribution in [-0.4, -0.2) is 40.3 Å². The SMILES string of the molecule is CC(=O)Oc1c2n(ccc1=O)N(C1c3ccccc3SCc3cccc(Cl)c31)CN([C@H](C)C(F)(F)F)C2=O. The topological polar surface area (TPSA) is 71.8 Å². The summed E-state index contributed by atoms with van der Waals surface area (Å²) in [4.78, 5) is 39.6. The lowest BCUT2D eigenvalue weighted by molar-refractivity contribution is -0.173. The monoisotopic (exact) mass is 563 g/mol. The molecule has 0 saturated heterocycles. The molecule has 0 aliphatic carbocycles. The van der Waals surface area contributed by atoms with Crippen LogP contribution in [0.25, 0.3) is 0 Å². The summed E-state index contributed by atoms with van der Waals surface area (Å²) in [6.45, 7) is 1.43. The molecule has 0 spiro atoms. The van der Waals surface area contributed by atoms with Crippen molar-refractivity contribution in [2.24, 2.45) is 0 Å². The summed E-state index contributed by atoms with van der Waals surface area (Å²) in [7, 11) is 0. The lowest BCUT2D eigenvalue weighted by Gasteiger charge is -2.46. The highest BCUT2D eigenvalue weighted by Gasteiger charge is 2.48. The van der Waals surface area contributed by atoms with E-state index in [2.05, 4.69) is 0 Å². The van der Waals surface area contributed by atoms with Crippen LogP contribution >= 0.6 is 23.4 Å². The van der Waals surface area contributed by atoms with E-state index in [0.29, 0.717) is 21.2 Å². The zero-order valence-electron chi connectivity index (χ0n) is 20.2. The molecule has 3 aromatic rings. The van der Waals surface area contributed by atoms with E-state index in [9.17, 15) is 27.6 Å². The van der Waals surface area contributed by atoms with Gasteiger partial charge in [-0.3, -0.25) is 24.1 Å². The first kappa shape index (κ1) is 26.2. The number of nitrogens with zero attached hydrogens (tertiary/aromatic N) is 3. The Hall–Kier alpha value is -3.44. The Balaban J connectivity index is 1.82. The highest BCUT2D eigenvalue weighted by Crippen LogP contribution is 2.45. The van der Waals surface area contributed by atoms with Crippen molar-refractivity contribution in [3.8, 4) is 5.75 Å². The number of aromatic nitrogens is 1. The molecule has 12 heteroatoms. The van der Waals surface area contributed by atoms with Gasteiger partial charge < -0.3 is 9.64 Å². The maximum absolute atomic E-state index is 14.0. The average Bonchev–Trinajstić information content (AvgIpc) is 3.03.